The highest BCUT2D eigenvalue weighted by Gasteiger charge is 2.24. The van der Waals surface area contributed by atoms with E-state index in [0.29, 0.717) is 6.04 Å². The van der Waals surface area contributed by atoms with Crippen LogP contribution in [0.2, 0.25) is 0 Å². The number of thioether (sulfide) groups is 1. The number of hydrogen-bond acceptors (Lipinski definition) is 3. The summed E-state index contributed by atoms with van der Waals surface area (Å²) in [7, 11) is 4.22. The lowest BCUT2D eigenvalue weighted by Crippen LogP contribution is -2.43. The van der Waals surface area contributed by atoms with Gasteiger partial charge in [-0.2, -0.15) is 0 Å². The van der Waals surface area contributed by atoms with Crippen LogP contribution in [-0.4, -0.2) is 32.4 Å². The molecule has 0 saturated heterocycles. The number of rotatable bonds is 2. The molecule has 0 aliphatic carbocycles. The normalized spacial score (nSPS) is 20.2. The second kappa shape index (κ2) is 4.45. The van der Waals surface area contributed by atoms with Crippen LogP contribution in [0.15, 0.2) is 23.1 Å². The first kappa shape index (κ1) is 10.8. The van der Waals surface area contributed by atoms with Crippen LogP contribution in [0.4, 0.5) is 5.69 Å². The number of hydrogen-bond donors (Lipinski definition) is 1. The van der Waals surface area contributed by atoms with E-state index in [9.17, 15) is 0 Å². The molecule has 1 aliphatic rings. The van der Waals surface area contributed by atoms with Gasteiger partial charge in [-0.1, -0.05) is 12.1 Å². The van der Waals surface area contributed by atoms with Crippen molar-refractivity contribution in [2.24, 2.45) is 0 Å². The Kier molecular flexibility index (Phi) is 3.22. The number of aryl methyl sites for hydroxylation is 1. The summed E-state index contributed by atoms with van der Waals surface area (Å²) in [6.45, 7) is 3.24. The lowest BCUT2D eigenvalue weighted by atomic mass is 10.1. The SMILES string of the molecule is CNCC1CSc2cccc(C)c2N1C. The highest BCUT2D eigenvalue weighted by atomic mass is 32.2. The van der Waals surface area contributed by atoms with Crippen LogP contribution in [0.25, 0.3) is 0 Å². The Morgan fingerprint density at radius 1 is 1.53 bits per heavy atom. The molecule has 1 atom stereocenters. The Balaban J connectivity index is 2.32. The zero-order valence-electron chi connectivity index (χ0n) is 9.58. The molecule has 3 heteroatoms. The van der Waals surface area contributed by atoms with Gasteiger partial charge in [0.15, 0.2) is 0 Å². The Morgan fingerprint density at radius 2 is 2.33 bits per heavy atom. The van der Waals surface area contributed by atoms with E-state index in [0.717, 1.165) is 6.54 Å². The molecule has 82 valence electrons. The Labute approximate surface area is 96.0 Å². The maximum Gasteiger partial charge on any atom is 0.0534 e. The summed E-state index contributed by atoms with van der Waals surface area (Å²) in [5, 5.41) is 3.26. The first-order valence-corrected chi connectivity index (χ1v) is 6.32. The first-order chi connectivity index (χ1) is 7.24. The van der Waals surface area contributed by atoms with Crippen molar-refractivity contribution in [2.45, 2.75) is 17.9 Å². The summed E-state index contributed by atoms with van der Waals surface area (Å²) in [6, 6.07) is 7.16. The second-order valence-corrected chi connectivity index (χ2v) is 5.12. The van der Waals surface area contributed by atoms with Crippen LogP contribution in [0, 0.1) is 6.92 Å². The summed E-state index contributed by atoms with van der Waals surface area (Å²) in [5.41, 5.74) is 2.79. The first-order valence-electron chi connectivity index (χ1n) is 5.34. The van der Waals surface area contributed by atoms with E-state index in [-0.39, 0.29) is 0 Å². The maximum absolute atomic E-state index is 3.26. The molecule has 1 aliphatic heterocycles. The Morgan fingerprint density at radius 3 is 3.07 bits per heavy atom. The van der Waals surface area contributed by atoms with Crippen molar-refractivity contribution < 1.29 is 0 Å². The third-order valence-electron chi connectivity index (χ3n) is 2.97. The molecule has 0 radical (unpaired) electrons. The molecule has 1 unspecified atom stereocenters. The lowest BCUT2D eigenvalue weighted by molar-refractivity contribution is 0.628. The van der Waals surface area contributed by atoms with E-state index in [1.807, 2.05) is 18.8 Å². The number of anilines is 1. The third kappa shape index (κ3) is 1.99. The van der Waals surface area contributed by atoms with E-state index in [2.05, 4.69) is 42.4 Å². The molecule has 15 heavy (non-hydrogen) atoms. The van der Waals surface area contributed by atoms with Gasteiger partial charge in [-0.25, -0.2) is 0 Å². The van der Waals surface area contributed by atoms with Gasteiger partial charge in [0.25, 0.3) is 0 Å². The van der Waals surface area contributed by atoms with Gasteiger partial charge in [0.1, 0.15) is 0 Å². The standard InChI is InChI=1S/C12H18N2S/c1-9-5-4-6-11-12(9)14(3)10(7-13-2)8-15-11/h4-6,10,13H,7-8H2,1-3H3. The van der Waals surface area contributed by atoms with Crippen molar-refractivity contribution in [3.63, 3.8) is 0 Å². The molecule has 1 heterocycles. The van der Waals surface area contributed by atoms with Crippen molar-refractivity contribution in [3.8, 4) is 0 Å². The molecule has 0 amide bonds. The molecule has 2 rings (SSSR count). The van der Waals surface area contributed by atoms with Crippen LogP contribution < -0.4 is 10.2 Å². The van der Waals surface area contributed by atoms with E-state index in [4.69, 9.17) is 0 Å². The van der Waals surface area contributed by atoms with E-state index < -0.39 is 0 Å². The van der Waals surface area contributed by atoms with E-state index in [1.165, 1.54) is 21.9 Å². The second-order valence-electron chi connectivity index (χ2n) is 4.06. The molecule has 0 fully saturated rings. The van der Waals surface area contributed by atoms with Crippen LogP contribution in [0.5, 0.6) is 0 Å². The highest BCUT2D eigenvalue weighted by Crippen LogP contribution is 2.38. The van der Waals surface area contributed by atoms with Gasteiger partial charge in [0, 0.05) is 24.2 Å². The molecular weight excluding hydrogens is 204 g/mol. The van der Waals surface area contributed by atoms with Gasteiger partial charge >= 0.3 is 0 Å². The van der Waals surface area contributed by atoms with Crippen molar-refractivity contribution in [1.29, 1.82) is 0 Å². The molecule has 0 bridgehead atoms. The summed E-state index contributed by atoms with van der Waals surface area (Å²) in [6.07, 6.45) is 0. The minimum absolute atomic E-state index is 0.605. The smallest absolute Gasteiger partial charge is 0.0534 e. The average Bonchev–Trinajstić information content (AvgIpc) is 2.22. The summed E-state index contributed by atoms with van der Waals surface area (Å²) >= 11 is 1.97. The maximum atomic E-state index is 3.26. The Bertz CT molecular complexity index is 351. The number of fused-ring (bicyclic) bond motifs is 1. The molecule has 2 nitrogen and oxygen atoms in total. The van der Waals surface area contributed by atoms with Crippen LogP contribution in [0.1, 0.15) is 5.56 Å². The summed E-state index contributed by atoms with van der Waals surface area (Å²) in [5.74, 6) is 1.17. The molecule has 1 aromatic rings. The summed E-state index contributed by atoms with van der Waals surface area (Å²) in [4.78, 5) is 3.84. The quantitative estimate of drug-likeness (QED) is 0.825. The highest BCUT2D eigenvalue weighted by molar-refractivity contribution is 7.99. The molecular formula is C12H18N2S. The number of benzene rings is 1. The minimum Gasteiger partial charge on any atom is -0.368 e. The predicted octanol–water partition coefficient (Wildman–Crippen LogP) is 2.12. The fraction of sp³-hybridized carbons (Fsp3) is 0.500. The van der Waals surface area contributed by atoms with E-state index >= 15 is 0 Å². The number of likely N-dealkylation sites (N-methyl/N-ethyl adjacent to an activating group) is 2. The van der Waals surface area contributed by atoms with Gasteiger partial charge in [-0.15, -0.1) is 11.8 Å². The average molecular weight is 222 g/mol. The van der Waals surface area contributed by atoms with Gasteiger partial charge in [-0.05, 0) is 25.6 Å². The Hall–Kier alpha value is -0.670. The van der Waals surface area contributed by atoms with Gasteiger partial charge in [0.05, 0.1) is 11.7 Å². The topological polar surface area (TPSA) is 15.3 Å². The third-order valence-corrected chi connectivity index (χ3v) is 4.16. The zero-order valence-corrected chi connectivity index (χ0v) is 10.4. The largest absolute Gasteiger partial charge is 0.368 e. The number of para-hydroxylation sites is 1. The fourth-order valence-corrected chi connectivity index (χ4v) is 3.44. The van der Waals surface area contributed by atoms with Crippen molar-refractivity contribution >= 4 is 17.4 Å². The lowest BCUT2D eigenvalue weighted by Gasteiger charge is -2.36. The molecule has 1 aromatic carbocycles. The predicted molar refractivity (Wildman–Crippen MR) is 68.0 cm³/mol. The minimum atomic E-state index is 0.605. The van der Waals surface area contributed by atoms with Crippen LogP contribution in [-0.2, 0) is 0 Å². The fourth-order valence-electron chi connectivity index (χ4n) is 2.11. The van der Waals surface area contributed by atoms with E-state index in [1.54, 1.807) is 0 Å². The summed E-state index contributed by atoms with van der Waals surface area (Å²) < 4.78 is 0. The van der Waals surface area contributed by atoms with Crippen LogP contribution >= 0.6 is 11.8 Å². The van der Waals surface area contributed by atoms with Crippen molar-refractivity contribution in [3.05, 3.63) is 23.8 Å². The van der Waals surface area contributed by atoms with Crippen LogP contribution in [0.3, 0.4) is 0 Å². The van der Waals surface area contributed by atoms with Gasteiger partial charge < -0.3 is 10.2 Å². The van der Waals surface area contributed by atoms with Gasteiger partial charge in [-0.3, -0.25) is 0 Å². The zero-order chi connectivity index (χ0) is 10.8. The molecule has 0 spiro atoms. The van der Waals surface area contributed by atoms with Crippen molar-refractivity contribution in [1.82, 2.24) is 5.32 Å². The molecule has 1 N–H and O–H groups in total. The molecule has 0 aromatic heterocycles. The van der Waals surface area contributed by atoms with Gasteiger partial charge in [0.2, 0.25) is 0 Å². The van der Waals surface area contributed by atoms with Crippen molar-refractivity contribution in [2.75, 3.05) is 31.3 Å². The number of nitrogens with zero attached hydrogens (tertiary/aromatic N) is 1. The monoisotopic (exact) mass is 222 g/mol. The number of nitrogens with one attached hydrogen (secondary N) is 1. The molecule has 0 saturated carbocycles.